The monoisotopic (exact) mass is 389 g/mol. The number of nitrogens with zero attached hydrogens (tertiary/aromatic N) is 2. The molecule has 0 fully saturated rings. The van der Waals surface area contributed by atoms with Crippen LogP contribution in [0.1, 0.15) is 54.4 Å². The molecule has 3 rings (SSSR count). The van der Waals surface area contributed by atoms with Crippen LogP contribution in [0.25, 0.3) is 22.5 Å². The van der Waals surface area contributed by atoms with Crippen LogP contribution in [0.2, 0.25) is 0 Å². The van der Waals surface area contributed by atoms with Gasteiger partial charge in [-0.05, 0) is 20.3 Å². The zero-order chi connectivity index (χ0) is 20.8. The third-order valence-corrected chi connectivity index (χ3v) is 5.27. The fourth-order valence-corrected chi connectivity index (χ4v) is 3.38. The van der Waals surface area contributed by atoms with Crippen LogP contribution in [0.3, 0.4) is 0 Å². The van der Waals surface area contributed by atoms with E-state index in [1.807, 2.05) is 7.05 Å². The van der Waals surface area contributed by atoms with Crippen LogP contribution in [-0.2, 0) is 0 Å². The van der Waals surface area contributed by atoms with E-state index >= 15 is 0 Å². The number of benzene rings is 2. The molecule has 0 aliphatic rings. The normalized spacial score (nSPS) is 10.9. The van der Waals surface area contributed by atoms with Crippen molar-refractivity contribution < 1.29 is 4.79 Å². The van der Waals surface area contributed by atoms with E-state index in [2.05, 4.69) is 74.3 Å². The number of nitrogens with one attached hydrogen (secondary N) is 1. The van der Waals surface area contributed by atoms with E-state index in [-0.39, 0.29) is 5.91 Å². The first kappa shape index (κ1) is 20.8. The number of rotatable bonds is 8. The van der Waals surface area contributed by atoms with Gasteiger partial charge in [0, 0.05) is 24.7 Å². The Bertz CT molecular complexity index is 876. The average Bonchev–Trinajstić information content (AvgIpc) is 3.17. The molecular weight excluding hydrogens is 358 g/mol. The van der Waals surface area contributed by atoms with Crippen molar-refractivity contribution in [2.45, 2.75) is 46.5 Å². The van der Waals surface area contributed by atoms with Gasteiger partial charge < -0.3 is 9.88 Å². The molecule has 0 radical (unpaired) electrons. The van der Waals surface area contributed by atoms with Crippen molar-refractivity contribution in [2.24, 2.45) is 0 Å². The predicted octanol–water partition coefficient (Wildman–Crippen LogP) is 6.01. The summed E-state index contributed by atoms with van der Waals surface area (Å²) in [6.07, 6.45) is 4.57. The molecule has 3 aromatic rings. The number of hydrogen-bond donors (Lipinski definition) is 1. The van der Waals surface area contributed by atoms with Gasteiger partial charge in [0.1, 0.15) is 0 Å². The number of H-pyrrole nitrogens is 1. The number of aryl methyl sites for hydroxylation is 2. The third-order valence-electron chi connectivity index (χ3n) is 5.27. The highest BCUT2D eigenvalue weighted by molar-refractivity contribution is 5.93. The van der Waals surface area contributed by atoms with E-state index in [0.29, 0.717) is 5.82 Å². The molecule has 0 aliphatic heterocycles. The fourth-order valence-electron chi connectivity index (χ4n) is 3.38. The molecule has 4 heteroatoms. The summed E-state index contributed by atoms with van der Waals surface area (Å²) >= 11 is 0. The highest BCUT2D eigenvalue weighted by atomic mass is 16.2. The maximum atomic E-state index is 13.0. The maximum absolute atomic E-state index is 13.0. The predicted molar refractivity (Wildman–Crippen MR) is 120 cm³/mol. The van der Waals surface area contributed by atoms with Gasteiger partial charge in [0.05, 0.1) is 11.4 Å². The molecule has 0 aliphatic carbocycles. The van der Waals surface area contributed by atoms with Gasteiger partial charge in [0.2, 0.25) is 0 Å². The van der Waals surface area contributed by atoms with Crippen molar-refractivity contribution in [2.75, 3.05) is 13.6 Å². The van der Waals surface area contributed by atoms with Crippen LogP contribution >= 0.6 is 0 Å². The molecule has 0 saturated heterocycles. The standard InChI is InChI=1S/C25H31N3O/c1-5-6-7-8-17-28(4)25(29)24-26-22(20-13-9-18(2)10-14-20)23(27-24)21-15-11-19(3)12-16-21/h9-16H,5-8,17H2,1-4H3,(H,26,27). The van der Waals surface area contributed by atoms with Crippen molar-refractivity contribution >= 4 is 5.91 Å². The lowest BCUT2D eigenvalue weighted by molar-refractivity contribution is 0.0782. The van der Waals surface area contributed by atoms with Crippen molar-refractivity contribution in [3.8, 4) is 22.5 Å². The lowest BCUT2D eigenvalue weighted by atomic mass is 10.0. The Hall–Kier alpha value is -2.88. The lowest BCUT2D eigenvalue weighted by Crippen LogP contribution is -2.28. The Morgan fingerprint density at radius 2 is 1.48 bits per heavy atom. The lowest BCUT2D eigenvalue weighted by Gasteiger charge is -2.15. The molecule has 1 aromatic heterocycles. The summed E-state index contributed by atoms with van der Waals surface area (Å²) in [6, 6.07) is 16.6. The van der Waals surface area contributed by atoms with Gasteiger partial charge in [-0.25, -0.2) is 4.98 Å². The largest absolute Gasteiger partial charge is 0.339 e. The van der Waals surface area contributed by atoms with Crippen molar-refractivity contribution in [1.82, 2.24) is 14.9 Å². The summed E-state index contributed by atoms with van der Waals surface area (Å²) < 4.78 is 0. The van der Waals surface area contributed by atoms with E-state index in [1.54, 1.807) is 4.90 Å². The third kappa shape index (κ3) is 5.14. The maximum Gasteiger partial charge on any atom is 0.289 e. The summed E-state index contributed by atoms with van der Waals surface area (Å²) in [6.45, 7) is 7.08. The molecule has 0 spiro atoms. The topological polar surface area (TPSA) is 49.0 Å². The highest BCUT2D eigenvalue weighted by Gasteiger charge is 2.20. The molecule has 1 heterocycles. The Labute approximate surface area is 174 Å². The molecule has 0 atom stereocenters. The van der Waals surface area contributed by atoms with Gasteiger partial charge in [0.15, 0.2) is 5.82 Å². The first-order valence-corrected chi connectivity index (χ1v) is 10.5. The number of aromatic nitrogens is 2. The summed E-state index contributed by atoms with van der Waals surface area (Å²) in [5.41, 5.74) is 6.14. The number of carbonyl (C=O) groups is 1. The molecule has 1 amide bonds. The van der Waals surface area contributed by atoms with E-state index in [0.717, 1.165) is 41.9 Å². The summed E-state index contributed by atoms with van der Waals surface area (Å²) in [7, 11) is 1.86. The first-order chi connectivity index (χ1) is 14.0. The second-order valence-electron chi connectivity index (χ2n) is 7.83. The molecule has 0 bridgehead atoms. The average molecular weight is 390 g/mol. The zero-order valence-electron chi connectivity index (χ0n) is 18.0. The Morgan fingerprint density at radius 1 is 0.897 bits per heavy atom. The van der Waals surface area contributed by atoms with Crippen LogP contribution in [0.4, 0.5) is 0 Å². The van der Waals surface area contributed by atoms with Crippen LogP contribution in [0, 0.1) is 13.8 Å². The van der Waals surface area contributed by atoms with Gasteiger partial charge in [-0.1, -0.05) is 85.8 Å². The molecule has 152 valence electrons. The van der Waals surface area contributed by atoms with Gasteiger partial charge in [-0.15, -0.1) is 0 Å². The summed E-state index contributed by atoms with van der Waals surface area (Å²) in [5, 5.41) is 0. The number of imidazole rings is 1. The van der Waals surface area contributed by atoms with E-state index in [9.17, 15) is 4.79 Å². The molecule has 1 N–H and O–H groups in total. The minimum absolute atomic E-state index is 0.0618. The number of amides is 1. The van der Waals surface area contributed by atoms with Crippen molar-refractivity contribution in [3.05, 3.63) is 65.5 Å². The van der Waals surface area contributed by atoms with Crippen LogP contribution in [0.15, 0.2) is 48.5 Å². The van der Waals surface area contributed by atoms with Gasteiger partial charge in [-0.3, -0.25) is 4.79 Å². The first-order valence-electron chi connectivity index (χ1n) is 10.5. The van der Waals surface area contributed by atoms with E-state index < -0.39 is 0 Å². The van der Waals surface area contributed by atoms with Gasteiger partial charge in [0.25, 0.3) is 5.91 Å². The molecule has 2 aromatic carbocycles. The second kappa shape index (κ2) is 9.55. The fraction of sp³-hybridized carbons (Fsp3) is 0.360. The number of hydrogen-bond acceptors (Lipinski definition) is 2. The van der Waals surface area contributed by atoms with E-state index in [1.165, 1.54) is 24.0 Å². The molecule has 0 unspecified atom stereocenters. The van der Waals surface area contributed by atoms with Gasteiger partial charge >= 0.3 is 0 Å². The van der Waals surface area contributed by atoms with Crippen molar-refractivity contribution in [1.29, 1.82) is 0 Å². The van der Waals surface area contributed by atoms with Gasteiger partial charge in [-0.2, -0.15) is 0 Å². The summed E-state index contributed by atoms with van der Waals surface area (Å²) in [4.78, 5) is 22.8. The summed E-state index contributed by atoms with van der Waals surface area (Å²) in [5.74, 6) is 0.336. The van der Waals surface area contributed by atoms with Crippen LogP contribution in [-0.4, -0.2) is 34.4 Å². The van der Waals surface area contributed by atoms with Crippen molar-refractivity contribution in [3.63, 3.8) is 0 Å². The Morgan fingerprint density at radius 3 is 2.07 bits per heavy atom. The zero-order valence-corrected chi connectivity index (χ0v) is 18.0. The minimum Gasteiger partial charge on any atom is -0.339 e. The highest BCUT2D eigenvalue weighted by Crippen LogP contribution is 2.31. The molecular formula is C25H31N3O. The Balaban J connectivity index is 1.92. The van der Waals surface area contributed by atoms with Crippen LogP contribution in [0.5, 0.6) is 0 Å². The minimum atomic E-state index is -0.0618. The molecule has 0 saturated carbocycles. The Kier molecular flexibility index (Phi) is 6.86. The molecule has 29 heavy (non-hydrogen) atoms. The second-order valence-corrected chi connectivity index (χ2v) is 7.83. The number of unbranched alkanes of at least 4 members (excludes halogenated alkanes) is 3. The van der Waals surface area contributed by atoms with E-state index in [4.69, 9.17) is 4.98 Å². The quantitative estimate of drug-likeness (QED) is 0.479. The SMILES string of the molecule is CCCCCCN(C)C(=O)c1nc(-c2ccc(C)cc2)c(-c2ccc(C)cc2)[nH]1. The number of carbonyl (C=O) groups excluding carboxylic acids is 1. The molecule has 4 nitrogen and oxygen atoms in total. The number of aromatic amines is 1. The smallest absolute Gasteiger partial charge is 0.289 e. The van der Waals surface area contributed by atoms with Crippen LogP contribution < -0.4 is 0 Å².